The van der Waals surface area contributed by atoms with Crippen LogP contribution in [0.3, 0.4) is 0 Å². The quantitative estimate of drug-likeness (QED) is 0.534. The molecule has 28 heavy (non-hydrogen) atoms. The second-order valence-corrected chi connectivity index (χ2v) is 8.02. The van der Waals surface area contributed by atoms with Crippen molar-refractivity contribution in [2.45, 2.75) is 11.9 Å². The molecule has 0 aromatic heterocycles. The summed E-state index contributed by atoms with van der Waals surface area (Å²) in [4.78, 5) is 29.0. The van der Waals surface area contributed by atoms with Gasteiger partial charge in [-0.2, -0.15) is 0 Å². The largest absolute Gasteiger partial charge is 0.318 e. The molecule has 0 radical (unpaired) electrons. The molecule has 0 saturated heterocycles. The number of fused-ring (bicyclic) bond motifs is 4. The van der Waals surface area contributed by atoms with E-state index in [4.69, 9.17) is 0 Å². The van der Waals surface area contributed by atoms with Gasteiger partial charge < -0.3 is 4.90 Å². The molecular weight excluding hydrogens is 366 g/mol. The zero-order valence-corrected chi connectivity index (χ0v) is 15.9. The highest BCUT2D eigenvalue weighted by Crippen LogP contribution is 2.47. The number of carbonyl (C=O) groups is 2. The highest BCUT2D eigenvalue weighted by atomic mass is 32.2. The Bertz CT molecular complexity index is 1120. The standard InChI is InChI=1S/C24H17NO2S/c26-22-18-11-5-4-10-17(18)15-25-23(27)19-12-6-7-13-20(19)24(25)28-21(22)14-16-8-2-1-3-9-16/h1-14,24H,15H2/b21-14-. The molecule has 0 N–H and O–H groups in total. The van der Waals surface area contributed by atoms with Crippen molar-refractivity contribution < 1.29 is 9.59 Å². The first-order chi connectivity index (χ1) is 13.7. The maximum atomic E-state index is 13.4. The molecule has 1 unspecified atom stereocenters. The Morgan fingerprint density at radius 2 is 1.50 bits per heavy atom. The highest BCUT2D eigenvalue weighted by molar-refractivity contribution is 8.04. The molecule has 1 amide bonds. The van der Waals surface area contributed by atoms with Crippen molar-refractivity contribution in [3.05, 3.63) is 112 Å². The van der Waals surface area contributed by atoms with Crippen molar-refractivity contribution in [2.24, 2.45) is 0 Å². The van der Waals surface area contributed by atoms with Crippen LogP contribution in [0.2, 0.25) is 0 Å². The van der Waals surface area contributed by atoms with Gasteiger partial charge in [-0.1, -0.05) is 84.6 Å². The first kappa shape index (κ1) is 17.0. The minimum Gasteiger partial charge on any atom is -0.318 e. The Kier molecular flexibility index (Phi) is 4.14. The van der Waals surface area contributed by atoms with E-state index in [-0.39, 0.29) is 17.1 Å². The minimum absolute atomic E-state index is 0.0148. The molecule has 3 aromatic rings. The van der Waals surface area contributed by atoms with E-state index >= 15 is 0 Å². The van der Waals surface area contributed by atoms with Crippen molar-refractivity contribution in [3.63, 3.8) is 0 Å². The van der Waals surface area contributed by atoms with Crippen LogP contribution in [-0.2, 0) is 6.54 Å². The first-order valence-corrected chi connectivity index (χ1v) is 10.1. The van der Waals surface area contributed by atoms with Gasteiger partial charge in [0.1, 0.15) is 5.37 Å². The molecule has 5 rings (SSSR count). The van der Waals surface area contributed by atoms with E-state index in [9.17, 15) is 9.59 Å². The molecule has 0 saturated carbocycles. The fourth-order valence-electron chi connectivity index (χ4n) is 3.79. The molecule has 2 heterocycles. The third-order valence-electron chi connectivity index (χ3n) is 5.16. The van der Waals surface area contributed by atoms with Gasteiger partial charge in [0.15, 0.2) is 5.78 Å². The van der Waals surface area contributed by atoms with Crippen LogP contribution in [0.4, 0.5) is 0 Å². The summed E-state index contributed by atoms with van der Waals surface area (Å²) in [6.07, 6.45) is 1.93. The summed E-state index contributed by atoms with van der Waals surface area (Å²) in [7, 11) is 0. The van der Waals surface area contributed by atoms with Crippen LogP contribution in [0.15, 0.2) is 83.8 Å². The summed E-state index contributed by atoms with van der Waals surface area (Å²) < 4.78 is 0. The number of amides is 1. The molecule has 4 heteroatoms. The molecule has 136 valence electrons. The van der Waals surface area contributed by atoms with E-state index in [2.05, 4.69) is 0 Å². The molecule has 1 atom stereocenters. The highest BCUT2D eigenvalue weighted by Gasteiger charge is 2.40. The maximum absolute atomic E-state index is 13.4. The topological polar surface area (TPSA) is 37.4 Å². The van der Waals surface area contributed by atoms with E-state index in [1.165, 1.54) is 11.8 Å². The Morgan fingerprint density at radius 1 is 0.821 bits per heavy atom. The Balaban J connectivity index is 1.69. The number of hydrogen-bond acceptors (Lipinski definition) is 3. The lowest BCUT2D eigenvalue weighted by molar-refractivity contribution is 0.0758. The Morgan fingerprint density at radius 3 is 2.32 bits per heavy atom. The van der Waals surface area contributed by atoms with Gasteiger partial charge in [-0.05, 0) is 28.8 Å². The normalized spacial score (nSPS) is 19.6. The van der Waals surface area contributed by atoms with Crippen LogP contribution < -0.4 is 0 Å². The lowest BCUT2D eigenvalue weighted by atomic mass is 10.0. The van der Waals surface area contributed by atoms with E-state index in [1.807, 2.05) is 89.8 Å². The van der Waals surface area contributed by atoms with Crippen molar-refractivity contribution >= 4 is 29.5 Å². The van der Waals surface area contributed by atoms with E-state index < -0.39 is 0 Å². The first-order valence-electron chi connectivity index (χ1n) is 9.18. The van der Waals surface area contributed by atoms with Crippen LogP contribution in [0.25, 0.3) is 6.08 Å². The van der Waals surface area contributed by atoms with Gasteiger partial charge >= 0.3 is 0 Å². The van der Waals surface area contributed by atoms with Crippen LogP contribution >= 0.6 is 11.8 Å². The number of hydrogen-bond donors (Lipinski definition) is 0. The van der Waals surface area contributed by atoms with Gasteiger partial charge in [-0.3, -0.25) is 9.59 Å². The number of rotatable bonds is 1. The number of ketones is 1. The molecule has 2 aliphatic rings. The maximum Gasteiger partial charge on any atom is 0.255 e. The second kappa shape index (κ2) is 6.80. The summed E-state index contributed by atoms with van der Waals surface area (Å²) in [6.45, 7) is 0.436. The minimum atomic E-state index is -0.198. The van der Waals surface area contributed by atoms with Crippen molar-refractivity contribution in [1.82, 2.24) is 4.90 Å². The summed E-state index contributed by atoms with van der Waals surface area (Å²) in [5, 5.41) is -0.198. The van der Waals surface area contributed by atoms with Crippen LogP contribution in [0.1, 0.15) is 42.8 Å². The number of nitrogens with zero attached hydrogens (tertiary/aromatic N) is 1. The molecule has 3 nitrogen and oxygen atoms in total. The summed E-state index contributed by atoms with van der Waals surface area (Å²) in [5.41, 5.74) is 4.23. The fourth-order valence-corrected chi connectivity index (χ4v) is 5.08. The monoisotopic (exact) mass is 383 g/mol. The van der Waals surface area contributed by atoms with E-state index in [1.54, 1.807) is 0 Å². The summed E-state index contributed by atoms with van der Waals surface area (Å²) in [6, 6.07) is 25.1. The van der Waals surface area contributed by atoms with E-state index in [0.717, 1.165) is 22.3 Å². The molecular formula is C24H17NO2S. The Labute approximate surface area is 167 Å². The van der Waals surface area contributed by atoms with E-state index in [0.29, 0.717) is 17.0 Å². The summed E-state index contributed by atoms with van der Waals surface area (Å²) >= 11 is 1.47. The van der Waals surface area contributed by atoms with Gasteiger partial charge in [0.05, 0.1) is 4.91 Å². The zero-order valence-electron chi connectivity index (χ0n) is 15.0. The van der Waals surface area contributed by atoms with Crippen LogP contribution in [0, 0.1) is 0 Å². The third kappa shape index (κ3) is 2.77. The SMILES string of the molecule is O=C1/C(=C/c2ccccc2)SC2c3ccccc3C(=O)N2Cc2ccccc21. The molecule has 0 spiro atoms. The molecule has 2 aliphatic heterocycles. The molecule has 3 aromatic carbocycles. The fraction of sp³-hybridized carbons (Fsp3) is 0.0833. The second-order valence-electron chi connectivity index (χ2n) is 6.90. The molecule has 0 fully saturated rings. The lowest BCUT2D eigenvalue weighted by Gasteiger charge is -2.29. The zero-order chi connectivity index (χ0) is 19.1. The van der Waals surface area contributed by atoms with Crippen molar-refractivity contribution in [1.29, 1.82) is 0 Å². The summed E-state index contributed by atoms with van der Waals surface area (Å²) in [5.74, 6) is 0.0391. The average Bonchev–Trinajstić information content (AvgIpc) is 2.99. The number of thioether (sulfide) groups is 1. The molecule has 0 bridgehead atoms. The van der Waals surface area contributed by atoms with Crippen LogP contribution in [0.5, 0.6) is 0 Å². The molecule has 0 aliphatic carbocycles. The number of benzene rings is 3. The average molecular weight is 383 g/mol. The van der Waals surface area contributed by atoms with Gasteiger partial charge in [0.25, 0.3) is 5.91 Å². The van der Waals surface area contributed by atoms with Gasteiger partial charge in [0.2, 0.25) is 0 Å². The number of Topliss-reactive ketones (excluding diaryl/α,β-unsaturated/α-hetero) is 1. The van der Waals surface area contributed by atoms with Gasteiger partial charge in [-0.25, -0.2) is 0 Å². The predicted octanol–water partition coefficient (Wildman–Crippen LogP) is 5.31. The third-order valence-corrected chi connectivity index (χ3v) is 6.45. The predicted molar refractivity (Wildman–Crippen MR) is 112 cm³/mol. The number of carbonyl (C=O) groups excluding carboxylic acids is 2. The van der Waals surface area contributed by atoms with Gasteiger partial charge in [-0.15, -0.1) is 0 Å². The Hall–Kier alpha value is -3.11. The lowest BCUT2D eigenvalue weighted by Crippen LogP contribution is -2.29. The van der Waals surface area contributed by atoms with Crippen molar-refractivity contribution in [2.75, 3.05) is 0 Å². The van der Waals surface area contributed by atoms with Crippen LogP contribution in [-0.4, -0.2) is 16.6 Å². The van der Waals surface area contributed by atoms with Gasteiger partial charge in [0, 0.05) is 17.7 Å². The van der Waals surface area contributed by atoms with Crippen molar-refractivity contribution in [3.8, 4) is 0 Å². The smallest absolute Gasteiger partial charge is 0.255 e. The number of allylic oxidation sites excluding steroid dienone is 1.